The molecule has 0 aliphatic heterocycles. The summed E-state index contributed by atoms with van der Waals surface area (Å²) in [6.07, 6.45) is 3.57. The molecule has 0 heterocycles. The third-order valence-electron chi connectivity index (χ3n) is 4.50. The van der Waals surface area contributed by atoms with Crippen LogP contribution >= 0.6 is 12.2 Å². The zero-order valence-corrected chi connectivity index (χ0v) is 21.8. The molecule has 0 aliphatic rings. The van der Waals surface area contributed by atoms with E-state index in [1.165, 1.54) is 24.3 Å². The second-order valence-electron chi connectivity index (χ2n) is 7.89. The van der Waals surface area contributed by atoms with Crippen LogP contribution in [0.4, 0.5) is 5.69 Å². The first kappa shape index (κ1) is 27.6. The smallest absolute Gasteiger partial charge is 0.264 e. The van der Waals surface area contributed by atoms with E-state index < -0.39 is 27.0 Å². The molecule has 2 aromatic carbocycles. The number of amides is 1. The first-order valence-electron chi connectivity index (χ1n) is 10.6. The molecule has 2 rings (SSSR count). The Morgan fingerprint density at radius 2 is 1.79 bits per heavy atom. The van der Waals surface area contributed by atoms with E-state index in [9.17, 15) is 22.0 Å². The predicted molar refractivity (Wildman–Crippen MR) is 138 cm³/mol. The van der Waals surface area contributed by atoms with E-state index in [0.29, 0.717) is 22.8 Å². The zero-order valence-electron chi connectivity index (χ0n) is 19.4. The van der Waals surface area contributed by atoms with Gasteiger partial charge in [0.25, 0.3) is 10.0 Å². The summed E-state index contributed by atoms with van der Waals surface area (Å²) in [5.41, 5.74) is 1.87. The van der Waals surface area contributed by atoms with Crippen LogP contribution in [0.1, 0.15) is 50.3 Å². The van der Waals surface area contributed by atoms with Crippen molar-refractivity contribution in [3.8, 4) is 0 Å². The van der Waals surface area contributed by atoms with Crippen molar-refractivity contribution in [1.82, 2.24) is 10.0 Å². The van der Waals surface area contributed by atoms with Crippen LogP contribution in [0.3, 0.4) is 0 Å². The Bertz CT molecular complexity index is 1220. The summed E-state index contributed by atoms with van der Waals surface area (Å²) in [7, 11) is -4.21. The molecule has 0 bridgehead atoms. The van der Waals surface area contributed by atoms with E-state index in [0.717, 1.165) is 5.56 Å². The lowest BCUT2D eigenvalue weighted by Gasteiger charge is -2.15. The molecule has 1 atom stereocenters. The third-order valence-corrected chi connectivity index (χ3v) is 6.86. The van der Waals surface area contributed by atoms with Gasteiger partial charge in [-0.25, -0.2) is 13.1 Å². The quantitative estimate of drug-likeness (QED) is 0.258. The maximum atomic E-state index is 13.0. The van der Waals surface area contributed by atoms with Crippen molar-refractivity contribution in [2.75, 3.05) is 5.32 Å². The molecule has 0 fully saturated rings. The van der Waals surface area contributed by atoms with Gasteiger partial charge in [-0.05, 0) is 85.4 Å². The highest BCUT2D eigenvalue weighted by molar-refractivity contribution is 7.90. The highest BCUT2D eigenvalue weighted by Gasteiger charge is 2.21. The molecule has 11 heteroatoms. The molecule has 0 spiro atoms. The van der Waals surface area contributed by atoms with E-state index in [1.54, 1.807) is 38.1 Å². The van der Waals surface area contributed by atoms with Crippen LogP contribution in [-0.2, 0) is 25.9 Å². The maximum Gasteiger partial charge on any atom is 0.264 e. The zero-order chi connectivity index (χ0) is 25.5. The standard InChI is InChI=1S/C23H29N3O5S3/c1-5-6-22(27)26-34(30,31)21-14-19(25-23(32)24-15(2)3)12-11-18(21)10-9-17-8-7-16(4)13-20(17)33(28)29/h7-15H,5-6H2,1-4H3,(H,26,27)(H,28,29)(H2,24,25,32)/p-1/b10-9+. The molecule has 8 nitrogen and oxygen atoms in total. The summed E-state index contributed by atoms with van der Waals surface area (Å²) in [6.45, 7) is 7.37. The van der Waals surface area contributed by atoms with Gasteiger partial charge < -0.3 is 15.2 Å². The Morgan fingerprint density at radius 3 is 2.41 bits per heavy atom. The lowest BCUT2D eigenvalue weighted by atomic mass is 10.1. The van der Waals surface area contributed by atoms with Crippen LogP contribution < -0.4 is 15.4 Å². The fraction of sp³-hybridized carbons (Fsp3) is 0.304. The number of carbonyl (C=O) groups excluding carboxylic acids is 1. The highest BCUT2D eigenvalue weighted by Crippen LogP contribution is 2.25. The number of nitrogens with one attached hydrogen (secondary N) is 3. The minimum atomic E-state index is -4.21. The summed E-state index contributed by atoms with van der Waals surface area (Å²) < 4.78 is 51.4. The van der Waals surface area contributed by atoms with Crippen LogP contribution in [0.25, 0.3) is 12.2 Å². The normalized spacial score (nSPS) is 12.5. The third kappa shape index (κ3) is 8.01. The number of sulfonamides is 1. The van der Waals surface area contributed by atoms with Crippen molar-refractivity contribution in [3.05, 3.63) is 53.1 Å². The molecule has 0 saturated heterocycles. The molecule has 34 heavy (non-hydrogen) atoms. The summed E-state index contributed by atoms with van der Waals surface area (Å²) in [4.78, 5) is 12.0. The second kappa shape index (κ2) is 12.2. The van der Waals surface area contributed by atoms with Gasteiger partial charge in [-0.2, -0.15) is 0 Å². The van der Waals surface area contributed by atoms with Crippen molar-refractivity contribution in [2.24, 2.45) is 0 Å². The number of benzene rings is 2. The molecule has 0 aliphatic carbocycles. The van der Waals surface area contributed by atoms with Crippen LogP contribution in [0.5, 0.6) is 0 Å². The molecule has 0 radical (unpaired) electrons. The molecule has 1 amide bonds. The number of hydrogen-bond donors (Lipinski definition) is 3. The summed E-state index contributed by atoms with van der Waals surface area (Å²) in [5, 5.41) is 6.26. The molecule has 2 aromatic rings. The SMILES string of the molecule is CCCC(=O)NS(=O)(=O)c1cc(NC(=S)NC(C)C)ccc1/C=C/c1ccc(C)cc1S(=O)[O-]. The maximum absolute atomic E-state index is 13.0. The summed E-state index contributed by atoms with van der Waals surface area (Å²) in [5.74, 6) is -0.615. The monoisotopic (exact) mass is 522 g/mol. The lowest BCUT2D eigenvalue weighted by Crippen LogP contribution is -2.34. The summed E-state index contributed by atoms with van der Waals surface area (Å²) >= 11 is 2.77. The first-order chi connectivity index (χ1) is 15.9. The Morgan fingerprint density at radius 1 is 1.15 bits per heavy atom. The molecule has 3 N–H and O–H groups in total. The van der Waals surface area contributed by atoms with Gasteiger partial charge in [0.05, 0.1) is 4.90 Å². The van der Waals surface area contributed by atoms with Gasteiger partial charge in [0.1, 0.15) is 0 Å². The Labute approximate surface area is 208 Å². The van der Waals surface area contributed by atoms with E-state index in [4.69, 9.17) is 12.2 Å². The van der Waals surface area contributed by atoms with Gasteiger partial charge in [0.15, 0.2) is 5.11 Å². The van der Waals surface area contributed by atoms with E-state index >= 15 is 0 Å². The average molecular weight is 523 g/mol. The molecule has 0 saturated carbocycles. The number of thiocarbonyl (C=S) groups is 1. The van der Waals surface area contributed by atoms with Gasteiger partial charge in [0.2, 0.25) is 5.91 Å². The Kier molecular flexibility index (Phi) is 9.92. The second-order valence-corrected chi connectivity index (χ2v) is 10.9. The molecular formula is C23H28N3O5S3-. The molecule has 1 unspecified atom stereocenters. The molecule has 184 valence electrons. The minimum Gasteiger partial charge on any atom is -0.768 e. The first-order valence-corrected chi connectivity index (χ1v) is 13.5. The van der Waals surface area contributed by atoms with E-state index in [2.05, 4.69) is 15.4 Å². The van der Waals surface area contributed by atoms with Gasteiger partial charge >= 0.3 is 0 Å². The molecule has 0 aromatic heterocycles. The van der Waals surface area contributed by atoms with E-state index in [1.807, 2.05) is 13.8 Å². The van der Waals surface area contributed by atoms with Crippen LogP contribution in [0.15, 0.2) is 46.2 Å². The Balaban J connectivity index is 2.52. The van der Waals surface area contributed by atoms with Crippen molar-refractivity contribution < 1.29 is 22.0 Å². The minimum absolute atomic E-state index is 0.0623. The van der Waals surface area contributed by atoms with Gasteiger partial charge in [-0.15, -0.1) is 0 Å². The topological polar surface area (TPSA) is 127 Å². The number of carbonyl (C=O) groups is 1. The van der Waals surface area contributed by atoms with Crippen LogP contribution in [0, 0.1) is 6.92 Å². The van der Waals surface area contributed by atoms with Crippen LogP contribution in [0.2, 0.25) is 0 Å². The van der Waals surface area contributed by atoms with Crippen molar-refractivity contribution in [3.63, 3.8) is 0 Å². The van der Waals surface area contributed by atoms with Gasteiger partial charge in [-0.1, -0.05) is 37.3 Å². The van der Waals surface area contributed by atoms with Crippen molar-refractivity contribution in [1.29, 1.82) is 0 Å². The van der Waals surface area contributed by atoms with Gasteiger partial charge in [0, 0.05) is 23.0 Å². The number of rotatable bonds is 9. The lowest BCUT2D eigenvalue weighted by molar-refractivity contribution is -0.119. The molecular weight excluding hydrogens is 494 g/mol. The average Bonchev–Trinajstić information content (AvgIpc) is 2.72. The highest BCUT2D eigenvalue weighted by atomic mass is 32.2. The predicted octanol–water partition coefficient (Wildman–Crippen LogP) is 3.70. The van der Waals surface area contributed by atoms with E-state index in [-0.39, 0.29) is 27.8 Å². The number of anilines is 1. The summed E-state index contributed by atoms with van der Waals surface area (Å²) in [6, 6.07) is 9.57. The van der Waals surface area contributed by atoms with Crippen LogP contribution in [-0.4, -0.2) is 34.2 Å². The van der Waals surface area contributed by atoms with Gasteiger partial charge in [-0.3, -0.25) is 9.00 Å². The fourth-order valence-corrected chi connectivity index (χ4v) is 5.20. The number of hydrogen-bond acceptors (Lipinski definition) is 6. The number of aryl methyl sites for hydroxylation is 1. The fourth-order valence-electron chi connectivity index (χ4n) is 3.00. The van der Waals surface area contributed by atoms with Crippen molar-refractivity contribution >= 4 is 62.2 Å². The largest absolute Gasteiger partial charge is 0.768 e. The van der Waals surface area contributed by atoms with Crippen molar-refractivity contribution in [2.45, 2.75) is 56.4 Å². The Hall–Kier alpha value is -2.60.